The monoisotopic (exact) mass is 425 g/mol. The molecule has 19 heavy (non-hydrogen) atoms. The lowest BCUT2D eigenvalue weighted by molar-refractivity contribution is 0.563. The van der Waals surface area contributed by atoms with Gasteiger partial charge in [0.2, 0.25) is 0 Å². The highest BCUT2D eigenvalue weighted by Crippen LogP contribution is 2.38. The number of thiophene rings is 1. The van der Waals surface area contributed by atoms with E-state index in [9.17, 15) is 4.39 Å². The maximum Gasteiger partial charge on any atom is 0.128 e. The van der Waals surface area contributed by atoms with Gasteiger partial charge in [-0.25, -0.2) is 4.39 Å². The molecule has 0 aliphatic heterocycles. The van der Waals surface area contributed by atoms with E-state index in [-0.39, 0.29) is 11.9 Å². The van der Waals surface area contributed by atoms with Gasteiger partial charge in [-0.2, -0.15) is 0 Å². The largest absolute Gasteiger partial charge is 0.306 e. The molecule has 1 aromatic heterocycles. The molecule has 0 aliphatic carbocycles. The Morgan fingerprint density at radius 3 is 2.68 bits per heavy atom. The third kappa shape index (κ3) is 3.58. The van der Waals surface area contributed by atoms with E-state index in [1.807, 2.05) is 13.0 Å². The van der Waals surface area contributed by atoms with Gasteiger partial charge in [0.1, 0.15) is 5.82 Å². The molecule has 0 radical (unpaired) electrons. The van der Waals surface area contributed by atoms with Gasteiger partial charge >= 0.3 is 0 Å². The van der Waals surface area contributed by atoms with Crippen molar-refractivity contribution in [2.45, 2.75) is 13.0 Å². The van der Waals surface area contributed by atoms with Crippen molar-refractivity contribution in [3.8, 4) is 0 Å². The third-order valence-corrected chi connectivity index (χ3v) is 6.18. The SMILES string of the molecule is CCNC(c1cc(Br)c(Br)s1)c1cc(Cl)ccc1F. The molecule has 0 amide bonds. The van der Waals surface area contributed by atoms with Gasteiger partial charge in [-0.3, -0.25) is 0 Å². The Morgan fingerprint density at radius 2 is 2.11 bits per heavy atom. The van der Waals surface area contributed by atoms with Crippen LogP contribution in [0, 0.1) is 5.82 Å². The zero-order valence-corrected chi connectivity index (χ0v) is 14.8. The van der Waals surface area contributed by atoms with Gasteiger partial charge in [-0.15, -0.1) is 11.3 Å². The van der Waals surface area contributed by atoms with Gasteiger partial charge in [0.05, 0.1) is 9.83 Å². The maximum absolute atomic E-state index is 14.0. The summed E-state index contributed by atoms with van der Waals surface area (Å²) in [6, 6.07) is 6.42. The van der Waals surface area contributed by atoms with E-state index < -0.39 is 0 Å². The first kappa shape index (κ1) is 15.4. The van der Waals surface area contributed by atoms with E-state index >= 15 is 0 Å². The molecule has 0 aliphatic rings. The summed E-state index contributed by atoms with van der Waals surface area (Å²) < 4.78 is 16.0. The van der Waals surface area contributed by atoms with Crippen molar-refractivity contribution < 1.29 is 4.39 Å². The van der Waals surface area contributed by atoms with Crippen LogP contribution in [0.3, 0.4) is 0 Å². The Hall–Kier alpha value is 0.0600. The first-order chi connectivity index (χ1) is 9.02. The molecule has 1 heterocycles. The zero-order chi connectivity index (χ0) is 14.0. The van der Waals surface area contributed by atoms with Crippen LogP contribution in [0.1, 0.15) is 23.4 Å². The molecule has 0 bridgehead atoms. The minimum Gasteiger partial charge on any atom is -0.306 e. The minimum atomic E-state index is -0.254. The molecule has 0 spiro atoms. The standard InChI is InChI=1S/C13H11Br2ClFNS/c1-2-18-12(11-6-9(14)13(15)19-11)8-5-7(16)3-4-10(8)17/h3-6,12,18H,2H2,1H3. The molecule has 2 aromatic rings. The number of rotatable bonds is 4. The second-order valence-corrected chi connectivity index (χ2v) is 7.62. The van der Waals surface area contributed by atoms with Crippen LogP contribution >= 0.6 is 54.8 Å². The highest BCUT2D eigenvalue weighted by Gasteiger charge is 2.20. The summed E-state index contributed by atoms with van der Waals surface area (Å²) in [6.45, 7) is 2.73. The normalized spacial score (nSPS) is 12.7. The molecular formula is C13H11Br2ClFNS. The molecule has 1 nitrogen and oxygen atoms in total. The van der Waals surface area contributed by atoms with E-state index in [0.29, 0.717) is 10.6 Å². The maximum atomic E-state index is 14.0. The van der Waals surface area contributed by atoms with Gasteiger partial charge in [0.25, 0.3) is 0 Å². The second-order valence-electron chi connectivity index (χ2n) is 3.93. The summed E-state index contributed by atoms with van der Waals surface area (Å²) >= 11 is 14.5. The second kappa shape index (κ2) is 6.68. The van der Waals surface area contributed by atoms with Gasteiger partial charge in [0, 0.05) is 19.9 Å². The fourth-order valence-electron chi connectivity index (χ4n) is 1.81. The van der Waals surface area contributed by atoms with Crippen LogP contribution < -0.4 is 5.32 Å². The van der Waals surface area contributed by atoms with E-state index in [1.165, 1.54) is 6.07 Å². The molecular weight excluding hydrogens is 416 g/mol. The molecule has 6 heteroatoms. The molecule has 0 saturated heterocycles. The summed E-state index contributed by atoms with van der Waals surface area (Å²) in [5, 5.41) is 3.83. The fraction of sp³-hybridized carbons (Fsp3) is 0.231. The van der Waals surface area contributed by atoms with Crippen LogP contribution in [0.2, 0.25) is 5.02 Å². The summed E-state index contributed by atoms with van der Waals surface area (Å²) in [5.41, 5.74) is 0.565. The predicted octanol–water partition coefficient (Wildman–Crippen LogP) is 5.76. The van der Waals surface area contributed by atoms with Crippen LogP contribution in [0.5, 0.6) is 0 Å². The van der Waals surface area contributed by atoms with Crippen molar-refractivity contribution in [1.82, 2.24) is 5.32 Å². The average molecular weight is 428 g/mol. The Labute approximate surface area is 137 Å². The zero-order valence-electron chi connectivity index (χ0n) is 10.0. The van der Waals surface area contributed by atoms with Crippen LogP contribution in [0.15, 0.2) is 32.5 Å². The summed E-state index contributed by atoms with van der Waals surface area (Å²) in [5.74, 6) is -0.254. The lowest BCUT2D eigenvalue weighted by Gasteiger charge is -2.17. The van der Waals surface area contributed by atoms with Crippen LogP contribution in [-0.4, -0.2) is 6.54 Å². The average Bonchev–Trinajstić information content (AvgIpc) is 2.70. The predicted molar refractivity (Wildman–Crippen MR) is 86.6 cm³/mol. The first-order valence-corrected chi connectivity index (χ1v) is 8.44. The lowest BCUT2D eigenvalue weighted by Crippen LogP contribution is -2.22. The molecule has 1 atom stereocenters. The number of nitrogens with one attached hydrogen (secondary N) is 1. The van der Waals surface area contributed by atoms with Crippen molar-refractivity contribution in [3.63, 3.8) is 0 Å². The molecule has 0 saturated carbocycles. The molecule has 1 N–H and O–H groups in total. The van der Waals surface area contributed by atoms with Crippen molar-refractivity contribution in [2.24, 2.45) is 0 Å². The van der Waals surface area contributed by atoms with Crippen molar-refractivity contribution in [1.29, 1.82) is 0 Å². The molecule has 1 unspecified atom stereocenters. The van der Waals surface area contributed by atoms with Crippen molar-refractivity contribution >= 4 is 54.8 Å². The van der Waals surface area contributed by atoms with Gasteiger partial charge in [-0.05, 0) is 62.7 Å². The molecule has 102 valence electrons. The van der Waals surface area contributed by atoms with E-state index in [0.717, 1.165) is 19.7 Å². The van der Waals surface area contributed by atoms with Gasteiger partial charge in [-0.1, -0.05) is 18.5 Å². The number of halogens is 4. The Bertz CT molecular complexity index is 569. The number of benzene rings is 1. The third-order valence-electron chi connectivity index (χ3n) is 2.63. The summed E-state index contributed by atoms with van der Waals surface area (Å²) in [6.07, 6.45) is 0. The van der Waals surface area contributed by atoms with Gasteiger partial charge < -0.3 is 5.32 Å². The topological polar surface area (TPSA) is 12.0 Å². The number of hydrogen-bond donors (Lipinski definition) is 1. The van der Waals surface area contributed by atoms with E-state index in [4.69, 9.17) is 11.6 Å². The quantitative estimate of drug-likeness (QED) is 0.654. The van der Waals surface area contributed by atoms with Crippen molar-refractivity contribution in [2.75, 3.05) is 6.54 Å². The molecule has 1 aromatic carbocycles. The van der Waals surface area contributed by atoms with Crippen LogP contribution in [0.4, 0.5) is 4.39 Å². The van der Waals surface area contributed by atoms with E-state index in [2.05, 4.69) is 37.2 Å². The first-order valence-electron chi connectivity index (χ1n) is 5.66. The molecule has 2 rings (SSSR count). The van der Waals surface area contributed by atoms with Crippen molar-refractivity contribution in [3.05, 3.63) is 53.8 Å². The smallest absolute Gasteiger partial charge is 0.128 e. The fourth-order valence-corrected chi connectivity index (χ4v) is 4.17. The van der Waals surface area contributed by atoms with Gasteiger partial charge in [0.15, 0.2) is 0 Å². The Balaban J connectivity index is 2.47. The van der Waals surface area contributed by atoms with Crippen LogP contribution in [0.25, 0.3) is 0 Å². The van der Waals surface area contributed by atoms with Crippen LogP contribution in [-0.2, 0) is 0 Å². The highest BCUT2D eigenvalue weighted by molar-refractivity contribution is 9.13. The summed E-state index contributed by atoms with van der Waals surface area (Å²) in [7, 11) is 0. The number of hydrogen-bond acceptors (Lipinski definition) is 2. The minimum absolute atomic E-state index is 0.198. The Morgan fingerprint density at radius 1 is 1.37 bits per heavy atom. The lowest BCUT2D eigenvalue weighted by atomic mass is 10.0. The summed E-state index contributed by atoms with van der Waals surface area (Å²) in [4.78, 5) is 1.03. The van der Waals surface area contributed by atoms with E-state index in [1.54, 1.807) is 23.5 Å². The molecule has 0 fully saturated rings. The Kier molecular flexibility index (Phi) is 5.43. The highest BCUT2D eigenvalue weighted by atomic mass is 79.9.